The van der Waals surface area contributed by atoms with E-state index in [0.717, 1.165) is 40.7 Å². The van der Waals surface area contributed by atoms with Gasteiger partial charge in [-0.1, -0.05) is 36.4 Å². The van der Waals surface area contributed by atoms with Crippen LogP contribution in [-0.2, 0) is 19.4 Å². The lowest BCUT2D eigenvalue weighted by molar-refractivity contribution is 0.0956. The fourth-order valence-corrected chi connectivity index (χ4v) is 5.84. The molecule has 6 heteroatoms. The number of thiophene rings is 2. The van der Waals surface area contributed by atoms with Gasteiger partial charge in [-0.2, -0.15) is 0 Å². The van der Waals surface area contributed by atoms with Crippen LogP contribution in [0.3, 0.4) is 0 Å². The fourth-order valence-electron chi connectivity index (χ4n) is 4.06. The molecule has 0 radical (unpaired) electrons. The number of nitrogens with one attached hydrogen (secondary N) is 1. The molecule has 3 N–H and O–H groups in total. The molecule has 4 aromatic rings. The summed E-state index contributed by atoms with van der Waals surface area (Å²) in [6.07, 6.45) is 4.35. The van der Waals surface area contributed by atoms with Gasteiger partial charge in [0.1, 0.15) is 9.71 Å². The third kappa shape index (κ3) is 3.32. The zero-order valence-electron chi connectivity index (χ0n) is 15.9. The van der Waals surface area contributed by atoms with E-state index >= 15 is 0 Å². The second-order valence-corrected chi connectivity index (χ2v) is 9.24. The minimum atomic E-state index is -0.128. The zero-order valence-corrected chi connectivity index (χ0v) is 17.5. The molecule has 0 bridgehead atoms. The van der Waals surface area contributed by atoms with Gasteiger partial charge in [-0.05, 0) is 53.8 Å². The summed E-state index contributed by atoms with van der Waals surface area (Å²) in [5, 5.41) is 6.09. The smallest absolute Gasteiger partial charge is 0.263 e. The first-order chi connectivity index (χ1) is 14.2. The number of aromatic nitrogens is 1. The Morgan fingerprint density at radius 2 is 1.86 bits per heavy atom. The van der Waals surface area contributed by atoms with E-state index in [2.05, 4.69) is 22.8 Å². The molecule has 0 spiro atoms. The largest absolute Gasteiger partial charge is 0.397 e. The Morgan fingerprint density at radius 1 is 1.07 bits per heavy atom. The molecule has 4 nitrogen and oxygen atoms in total. The van der Waals surface area contributed by atoms with Crippen molar-refractivity contribution in [2.75, 3.05) is 5.73 Å². The van der Waals surface area contributed by atoms with Gasteiger partial charge in [-0.15, -0.1) is 22.7 Å². The summed E-state index contributed by atoms with van der Waals surface area (Å²) in [6.45, 7) is 0.485. The highest BCUT2D eigenvalue weighted by Crippen LogP contribution is 2.42. The monoisotopic (exact) mass is 419 g/mol. The van der Waals surface area contributed by atoms with Crippen LogP contribution < -0.4 is 11.1 Å². The van der Waals surface area contributed by atoms with Gasteiger partial charge in [-0.3, -0.25) is 4.79 Å². The second kappa shape index (κ2) is 7.61. The Hall–Kier alpha value is -2.70. The molecule has 0 unspecified atom stereocenters. The SMILES string of the molecule is Nc1c(C(=O)NCc2ccccc2)sc2nc(-c3cccs3)c3c(c12)CCCC3. The molecule has 5 rings (SSSR count). The molecule has 3 aromatic heterocycles. The average Bonchev–Trinajstić information content (AvgIpc) is 3.40. The van der Waals surface area contributed by atoms with Gasteiger partial charge < -0.3 is 11.1 Å². The van der Waals surface area contributed by atoms with Crippen LogP contribution in [0.15, 0.2) is 47.8 Å². The predicted molar refractivity (Wildman–Crippen MR) is 122 cm³/mol. The van der Waals surface area contributed by atoms with Crippen LogP contribution in [0.25, 0.3) is 20.8 Å². The normalized spacial score (nSPS) is 13.4. The van der Waals surface area contributed by atoms with Crippen molar-refractivity contribution < 1.29 is 4.79 Å². The number of hydrogen-bond donors (Lipinski definition) is 2. The van der Waals surface area contributed by atoms with Crippen molar-refractivity contribution in [2.24, 2.45) is 0 Å². The number of nitrogens with two attached hydrogens (primary N) is 1. The van der Waals surface area contributed by atoms with Gasteiger partial charge in [0.2, 0.25) is 0 Å². The highest BCUT2D eigenvalue weighted by molar-refractivity contribution is 7.21. The Bertz CT molecular complexity index is 1180. The number of carbonyl (C=O) groups excluding carboxylic acids is 1. The predicted octanol–water partition coefficient (Wildman–Crippen LogP) is 5.42. The van der Waals surface area contributed by atoms with E-state index in [1.165, 1.54) is 33.8 Å². The van der Waals surface area contributed by atoms with Crippen molar-refractivity contribution in [2.45, 2.75) is 32.2 Å². The van der Waals surface area contributed by atoms with Crippen molar-refractivity contribution in [3.8, 4) is 10.6 Å². The van der Waals surface area contributed by atoms with Crippen molar-refractivity contribution in [1.29, 1.82) is 0 Å². The van der Waals surface area contributed by atoms with Crippen LogP contribution in [0.2, 0.25) is 0 Å². The van der Waals surface area contributed by atoms with Gasteiger partial charge >= 0.3 is 0 Å². The van der Waals surface area contributed by atoms with Gasteiger partial charge in [0.05, 0.1) is 16.3 Å². The molecule has 1 aromatic carbocycles. The first kappa shape index (κ1) is 18.3. The maximum atomic E-state index is 12.9. The molecule has 3 heterocycles. The lowest BCUT2D eigenvalue weighted by Crippen LogP contribution is -2.22. The van der Waals surface area contributed by atoms with E-state index in [9.17, 15) is 4.79 Å². The second-order valence-electron chi connectivity index (χ2n) is 7.30. The number of amides is 1. The molecule has 146 valence electrons. The van der Waals surface area contributed by atoms with E-state index in [-0.39, 0.29) is 5.91 Å². The number of benzene rings is 1. The minimum Gasteiger partial charge on any atom is -0.397 e. The average molecular weight is 420 g/mol. The zero-order chi connectivity index (χ0) is 19.8. The number of rotatable bonds is 4. The lowest BCUT2D eigenvalue weighted by atomic mass is 9.88. The van der Waals surface area contributed by atoms with E-state index in [1.54, 1.807) is 11.3 Å². The molecule has 0 saturated carbocycles. The van der Waals surface area contributed by atoms with Crippen LogP contribution in [0, 0.1) is 0 Å². The van der Waals surface area contributed by atoms with E-state index < -0.39 is 0 Å². The van der Waals surface area contributed by atoms with E-state index in [0.29, 0.717) is 17.1 Å². The van der Waals surface area contributed by atoms with Crippen molar-refractivity contribution in [3.05, 3.63) is 69.4 Å². The van der Waals surface area contributed by atoms with Crippen molar-refractivity contribution in [1.82, 2.24) is 10.3 Å². The standard InChI is InChI=1S/C23H21N3OS2/c24-19-18-15-9-4-5-10-16(15)20(17-11-6-12-28-17)26-23(18)29-21(19)22(27)25-13-14-7-2-1-3-8-14/h1-3,6-8,11-12H,4-5,9-10,13,24H2,(H,25,27). The quantitative estimate of drug-likeness (QED) is 0.464. The number of nitrogen functional groups attached to an aromatic ring is 1. The number of carbonyl (C=O) groups is 1. The fraction of sp³-hybridized carbons (Fsp3) is 0.217. The van der Waals surface area contributed by atoms with Crippen molar-refractivity contribution >= 4 is 44.5 Å². The number of anilines is 1. The van der Waals surface area contributed by atoms with Crippen LogP contribution in [0.1, 0.15) is 39.2 Å². The molecule has 1 aliphatic carbocycles. The minimum absolute atomic E-state index is 0.128. The molecule has 0 atom stereocenters. The van der Waals surface area contributed by atoms with E-state index in [4.69, 9.17) is 10.7 Å². The van der Waals surface area contributed by atoms with Gasteiger partial charge in [0.25, 0.3) is 5.91 Å². The maximum absolute atomic E-state index is 12.9. The molecule has 0 aliphatic heterocycles. The molecular formula is C23H21N3OS2. The molecular weight excluding hydrogens is 398 g/mol. The Labute approximate surface area is 177 Å². The summed E-state index contributed by atoms with van der Waals surface area (Å²) >= 11 is 3.12. The summed E-state index contributed by atoms with van der Waals surface area (Å²) in [4.78, 5) is 20.5. The molecule has 0 fully saturated rings. The first-order valence-corrected chi connectivity index (χ1v) is 11.5. The summed E-state index contributed by atoms with van der Waals surface area (Å²) in [5.41, 5.74) is 11.8. The highest BCUT2D eigenvalue weighted by atomic mass is 32.1. The number of fused-ring (bicyclic) bond motifs is 3. The first-order valence-electron chi connectivity index (χ1n) is 9.82. The molecule has 29 heavy (non-hydrogen) atoms. The molecule has 0 saturated heterocycles. The number of pyridine rings is 1. The highest BCUT2D eigenvalue weighted by Gasteiger charge is 2.25. The summed E-state index contributed by atoms with van der Waals surface area (Å²) in [7, 11) is 0. The summed E-state index contributed by atoms with van der Waals surface area (Å²) in [5.74, 6) is -0.128. The van der Waals surface area contributed by atoms with Crippen LogP contribution in [0.5, 0.6) is 0 Å². The van der Waals surface area contributed by atoms with E-state index in [1.807, 2.05) is 30.3 Å². The Kier molecular flexibility index (Phi) is 4.81. The summed E-state index contributed by atoms with van der Waals surface area (Å²) < 4.78 is 0. The third-order valence-corrected chi connectivity index (χ3v) is 7.43. The third-order valence-electron chi connectivity index (χ3n) is 5.45. The van der Waals surface area contributed by atoms with Gasteiger partial charge in [-0.25, -0.2) is 4.98 Å². The number of hydrogen-bond acceptors (Lipinski definition) is 5. The topological polar surface area (TPSA) is 68.0 Å². The van der Waals surface area contributed by atoms with Crippen LogP contribution >= 0.6 is 22.7 Å². The molecule has 1 amide bonds. The van der Waals surface area contributed by atoms with Crippen molar-refractivity contribution in [3.63, 3.8) is 0 Å². The maximum Gasteiger partial charge on any atom is 0.263 e. The molecule has 1 aliphatic rings. The summed E-state index contributed by atoms with van der Waals surface area (Å²) in [6, 6.07) is 14.1. The van der Waals surface area contributed by atoms with Gasteiger partial charge in [0.15, 0.2) is 0 Å². The number of aryl methyl sites for hydroxylation is 1. The Morgan fingerprint density at radius 3 is 2.62 bits per heavy atom. The lowest BCUT2D eigenvalue weighted by Gasteiger charge is -2.19. The van der Waals surface area contributed by atoms with Crippen LogP contribution in [0.4, 0.5) is 5.69 Å². The number of nitrogens with zero attached hydrogens (tertiary/aromatic N) is 1. The van der Waals surface area contributed by atoms with Gasteiger partial charge in [0, 0.05) is 11.9 Å². The Balaban J connectivity index is 1.56. The van der Waals surface area contributed by atoms with Crippen LogP contribution in [-0.4, -0.2) is 10.9 Å².